The highest BCUT2D eigenvalue weighted by Crippen LogP contribution is 2.49. The van der Waals surface area contributed by atoms with Crippen molar-refractivity contribution in [2.75, 3.05) is 0 Å². The quantitative estimate of drug-likeness (QED) is 0.156. The van der Waals surface area contributed by atoms with Crippen LogP contribution in [0.2, 0.25) is 0 Å². The van der Waals surface area contributed by atoms with Gasteiger partial charge in [-0.25, -0.2) is 0 Å². The minimum absolute atomic E-state index is 1.20. The van der Waals surface area contributed by atoms with Gasteiger partial charge in [-0.05, 0) is 116 Å². The maximum atomic E-state index is 2.40. The van der Waals surface area contributed by atoms with E-state index in [1.807, 2.05) is 0 Å². The topological polar surface area (TPSA) is 0 Å². The van der Waals surface area contributed by atoms with Gasteiger partial charge in [-0.3, -0.25) is 0 Å². The second-order valence-electron chi connectivity index (χ2n) is 14.8. The molecule has 0 amide bonds. The van der Waals surface area contributed by atoms with E-state index in [0.29, 0.717) is 0 Å². The molecule has 0 aromatic heterocycles. The molecule has 0 spiro atoms. The van der Waals surface area contributed by atoms with E-state index in [-0.39, 0.29) is 0 Å². The fraction of sp³-hybridized carbons (Fsp3) is 0. The maximum Gasteiger partial charge on any atom is -0.00141 e. The van der Waals surface area contributed by atoms with Crippen molar-refractivity contribution in [1.82, 2.24) is 0 Å². The van der Waals surface area contributed by atoms with E-state index < -0.39 is 0 Å². The summed E-state index contributed by atoms with van der Waals surface area (Å²) in [7, 11) is 0. The second-order valence-corrected chi connectivity index (χ2v) is 14.8. The van der Waals surface area contributed by atoms with E-state index in [0.717, 1.165) is 0 Å². The molecule has 11 aromatic carbocycles. The Morgan fingerprint density at radius 1 is 0.196 bits per heavy atom. The fourth-order valence-electron chi connectivity index (χ4n) is 9.13. The van der Waals surface area contributed by atoms with E-state index in [9.17, 15) is 0 Å². The molecule has 0 saturated heterocycles. The SMILES string of the molecule is c1cc(-c2cccc3ccccc23)cc(-c2c3ccccc3c(-c3cccc4ccccc34)c3cccc(-c4ccc(-c5cccc6ccccc56)cc4)c23)c1. The second kappa shape index (κ2) is 13.2. The number of hydrogen-bond donors (Lipinski definition) is 0. The van der Waals surface area contributed by atoms with Crippen LogP contribution in [0.25, 0.3) is 109 Å². The lowest BCUT2D eigenvalue weighted by Gasteiger charge is -2.21. The molecule has 11 rings (SSSR count). The molecule has 0 radical (unpaired) electrons. The van der Waals surface area contributed by atoms with Crippen LogP contribution in [0, 0.1) is 0 Å². The van der Waals surface area contributed by atoms with Gasteiger partial charge in [-0.15, -0.1) is 0 Å². The van der Waals surface area contributed by atoms with Gasteiger partial charge in [-0.2, -0.15) is 0 Å². The van der Waals surface area contributed by atoms with Crippen LogP contribution >= 0.6 is 0 Å². The lowest BCUT2D eigenvalue weighted by atomic mass is 9.81. The molecule has 0 aliphatic heterocycles. The van der Waals surface area contributed by atoms with Crippen LogP contribution in [-0.4, -0.2) is 0 Å². The summed E-state index contributed by atoms with van der Waals surface area (Å²) in [6.45, 7) is 0. The summed E-state index contributed by atoms with van der Waals surface area (Å²) in [6, 6.07) is 80.4. The van der Waals surface area contributed by atoms with E-state index >= 15 is 0 Å². The first-order chi connectivity index (χ1) is 27.8. The zero-order valence-corrected chi connectivity index (χ0v) is 30.8. The van der Waals surface area contributed by atoms with Crippen LogP contribution < -0.4 is 0 Å². The Bertz CT molecular complexity index is 3280. The van der Waals surface area contributed by atoms with Crippen molar-refractivity contribution >= 4 is 53.9 Å². The van der Waals surface area contributed by atoms with E-state index in [4.69, 9.17) is 0 Å². The van der Waals surface area contributed by atoms with Crippen LogP contribution in [0.15, 0.2) is 218 Å². The van der Waals surface area contributed by atoms with Crippen LogP contribution in [0.4, 0.5) is 0 Å². The Balaban J connectivity index is 1.21. The molecule has 0 bridgehead atoms. The highest BCUT2D eigenvalue weighted by molar-refractivity contribution is 6.26. The summed E-state index contributed by atoms with van der Waals surface area (Å²) in [6.07, 6.45) is 0. The molecule has 0 aliphatic carbocycles. The number of rotatable bonds is 5. The zero-order valence-electron chi connectivity index (χ0n) is 30.8. The molecule has 11 aromatic rings. The van der Waals surface area contributed by atoms with Crippen molar-refractivity contribution in [3.63, 3.8) is 0 Å². The van der Waals surface area contributed by atoms with Gasteiger partial charge in [0.2, 0.25) is 0 Å². The third-order valence-electron chi connectivity index (χ3n) is 11.7. The standard InChI is InChI=1S/C56H36/c1-4-22-44-37(14-1)17-10-27-46(44)40-32-34-41(35-33-40)49-29-13-31-53-55(50-30-12-19-39-16-3-6-24-47(39)50)52-26-8-7-25-51(52)54(56(49)53)43-21-9-20-42(36-43)48-28-11-18-38-15-2-5-23-45(38)48/h1-36H. The smallest absolute Gasteiger partial charge is 0.00141 e. The first kappa shape index (κ1) is 32.2. The van der Waals surface area contributed by atoms with Gasteiger partial charge in [-0.1, -0.05) is 212 Å². The summed E-state index contributed by atoms with van der Waals surface area (Å²) in [5.41, 5.74) is 12.4. The van der Waals surface area contributed by atoms with Crippen molar-refractivity contribution in [3.05, 3.63) is 218 Å². The molecular weight excluding hydrogens is 673 g/mol. The maximum absolute atomic E-state index is 2.40. The van der Waals surface area contributed by atoms with Gasteiger partial charge < -0.3 is 0 Å². The summed E-state index contributed by atoms with van der Waals surface area (Å²) in [5.74, 6) is 0. The van der Waals surface area contributed by atoms with Gasteiger partial charge in [0.1, 0.15) is 0 Å². The van der Waals surface area contributed by atoms with Gasteiger partial charge in [0.15, 0.2) is 0 Å². The molecule has 56 heavy (non-hydrogen) atoms. The number of benzene rings is 11. The molecule has 0 heterocycles. The van der Waals surface area contributed by atoms with Gasteiger partial charge in [0.05, 0.1) is 0 Å². The first-order valence-electron chi connectivity index (χ1n) is 19.4. The summed E-state index contributed by atoms with van der Waals surface area (Å²) >= 11 is 0. The fourth-order valence-corrected chi connectivity index (χ4v) is 9.13. The van der Waals surface area contributed by atoms with Crippen molar-refractivity contribution < 1.29 is 0 Å². The lowest BCUT2D eigenvalue weighted by molar-refractivity contribution is 1.61. The van der Waals surface area contributed by atoms with Crippen LogP contribution in [-0.2, 0) is 0 Å². The van der Waals surface area contributed by atoms with E-state index in [1.54, 1.807) is 0 Å². The molecule has 0 unspecified atom stereocenters. The molecule has 260 valence electrons. The summed E-state index contributed by atoms with van der Waals surface area (Å²) in [4.78, 5) is 0. The molecule has 0 saturated carbocycles. The Morgan fingerprint density at radius 3 is 1.18 bits per heavy atom. The largest absolute Gasteiger partial charge is 0.0616 e. The Morgan fingerprint density at radius 2 is 0.571 bits per heavy atom. The van der Waals surface area contributed by atoms with Crippen LogP contribution in [0.3, 0.4) is 0 Å². The van der Waals surface area contributed by atoms with Crippen LogP contribution in [0.1, 0.15) is 0 Å². The average molecular weight is 709 g/mol. The summed E-state index contributed by atoms with van der Waals surface area (Å²) in [5, 5.41) is 12.6. The van der Waals surface area contributed by atoms with E-state index in [2.05, 4.69) is 218 Å². The van der Waals surface area contributed by atoms with E-state index in [1.165, 1.54) is 109 Å². The van der Waals surface area contributed by atoms with Gasteiger partial charge in [0, 0.05) is 0 Å². The minimum Gasteiger partial charge on any atom is -0.0616 e. The molecule has 0 atom stereocenters. The lowest BCUT2D eigenvalue weighted by Crippen LogP contribution is -1.94. The molecular formula is C56H36. The Labute approximate surface area is 326 Å². The third-order valence-corrected chi connectivity index (χ3v) is 11.7. The highest BCUT2D eigenvalue weighted by Gasteiger charge is 2.21. The molecule has 0 fully saturated rings. The van der Waals surface area contributed by atoms with Gasteiger partial charge >= 0.3 is 0 Å². The van der Waals surface area contributed by atoms with Gasteiger partial charge in [0.25, 0.3) is 0 Å². The molecule has 0 nitrogen and oxygen atoms in total. The first-order valence-corrected chi connectivity index (χ1v) is 19.4. The van der Waals surface area contributed by atoms with Crippen molar-refractivity contribution in [2.24, 2.45) is 0 Å². The summed E-state index contributed by atoms with van der Waals surface area (Å²) < 4.78 is 0. The highest BCUT2D eigenvalue weighted by atomic mass is 14.2. The number of hydrogen-bond acceptors (Lipinski definition) is 0. The van der Waals surface area contributed by atoms with Crippen LogP contribution in [0.5, 0.6) is 0 Å². The molecule has 0 heteroatoms. The molecule has 0 aliphatic rings. The van der Waals surface area contributed by atoms with Crippen molar-refractivity contribution in [1.29, 1.82) is 0 Å². The minimum atomic E-state index is 1.20. The van der Waals surface area contributed by atoms with Crippen molar-refractivity contribution in [3.8, 4) is 55.6 Å². The molecule has 0 N–H and O–H groups in total. The Kier molecular flexibility index (Phi) is 7.60. The number of fused-ring (bicyclic) bond motifs is 5. The zero-order chi connectivity index (χ0) is 37.0. The average Bonchev–Trinajstić information content (AvgIpc) is 3.27. The predicted octanol–water partition coefficient (Wildman–Crippen LogP) is 15.8. The monoisotopic (exact) mass is 708 g/mol. The third kappa shape index (κ3) is 5.22. The predicted molar refractivity (Wildman–Crippen MR) is 241 cm³/mol. The van der Waals surface area contributed by atoms with Crippen molar-refractivity contribution in [2.45, 2.75) is 0 Å². The Hall–Kier alpha value is -7.28. The normalized spacial score (nSPS) is 11.6.